The first kappa shape index (κ1) is 8.11. The van der Waals surface area contributed by atoms with Crippen LogP contribution in [0.5, 0.6) is 0 Å². The minimum Gasteiger partial charge on any atom is -0.320 e. The maximum Gasteiger partial charge on any atom is 0.256 e. The molecule has 3 aromatic heterocycles. The van der Waals surface area contributed by atoms with Crippen LogP contribution in [-0.4, -0.2) is 15.0 Å². The molecule has 0 unspecified atom stereocenters. The molecule has 0 amide bonds. The number of pyridine rings is 3. The Morgan fingerprint density at radius 1 is 0.933 bits per heavy atom. The fourth-order valence-electron chi connectivity index (χ4n) is 1.73. The number of aromatic amines is 1. The van der Waals surface area contributed by atoms with E-state index < -0.39 is 0 Å². The number of aromatic nitrogens is 3. The number of nitrogens with one attached hydrogen (secondary N) is 1. The van der Waals surface area contributed by atoms with Crippen molar-refractivity contribution in [1.29, 1.82) is 0 Å². The van der Waals surface area contributed by atoms with E-state index in [0.29, 0.717) is 5.39 Å². The van der Waals surface area contributed by atoms with Gasteiger partial charge in [0, 0.05) is 29.4 Å². The molecule has 3 aromatic rings. The first-order valence-electron chi connectivity index (χ1n) is 4.56. The molecule has 0 fully saturated rings. The van der Waals surface area contributed by atoms with Gasteiger partial charge >= 0.3 is 0 Å². The van der Waals surface area contributed by atoms with Gasteiger partial charge in [-0.15, -0.1) is 0 Å². The molecular formula is C11H7N3O. The minimum atomic E-state index is -0.104. The van der Waals surface area contributed by atoms with E-state index in [1.165, 1.54) is 0 Å². The van der Waals surface area contributed by atoms with E-state index in [1.54, 1.807) is 30.9 Å². The Balaban J connectivity index is 2.70. The third-order valence-corrected chi connectivity index (χ3v) is 2.43. The summed E-state index contributed by atoms with van der Waals surface area (Å²) < 4.78 is 0. The molecule has 0 spiro atoms. The second-order valence-corrected chi connectivity index (χ2v) is 3.30. The van der Waals surface area contributed by atoms with Crippen LogP contribution < -0.4 is 5.56 Å². The van der Waals surface area contributed by atoms with Crippen molar-refractivity contribution in [1.82, 2.24) is 15.0 Å². The van der Waals surface area contributed by atoms with Crippen LogP contribution in [0.15, 0.2) is 41.7 Å². The summed E-state index contributed by atoms with van der Waals surface area (Å²) in [5.74, 6) is 0. The molecule has 0 saturated carbocycles. The maximum atomic E-state index is 11.7. The Bertz CT molecular complexity index is 703. The van der Waals surface area contributed by atoms with E-state index >= 15 is 0 Å². The first-order chi connectivity index (χ1) is 7.36. The van der Waals surface area contributed by atoms with Crippen LogP contribution in [0.1, 0.15) is 0 Å². The van der Waals surface area contributed by atoms with E-state index in [0.717, 1.165) is 16.3 Å². The summed E-state index contributed by atoms with van der Waals surface area (Å²) in [5.41, 5.74) is 0.635. The van der Waals surface area contributed by atoms with Crippen molar-refractivity contribution in [2.75, 3.05) is 0 Å². The van der Waals surface area contributed by atoms with Crippen molar-refractivity contribution < 1.29 is 0 Å². The van der Waals surface area contributed by atoms with Gasteiger partial charge in [0.1, 0.15) is 0 Å². The van der Waals surface area contributed by atoms with Gasteiger partial charge in [0.05, 0.1) is 17.1 Å². The third kappa shape index (κ3) is 1.11. The van der Waals surface area contributed by atoms with E-state index in [-0.39, 0.29) is 5.56 Å². The average Bonchev–Trinajstić information content (AvgIpc) is 2.30. The lowest BCUT2D eigenvalue weighted by Crippen LogP contribution is -2.06. The highest BCUT2D eigenvalue weighted by molar-refractivity contribution is 6.04. The Labute approximate surface area is 84.6 Å². The van der Waals surface area contributed by atoms with E-state index in [2.05, 4.69) is 15.0 Å². The van der Waals surface area contributed by atoms with E-state index in [1.807, 2.05) is 6.07 Å². The topological polar surface area (TPSA) is 58.6 Å². The molecule has 3 heterocycles. The molecule has 0 bridgehead atoms. The monoisotopic (exact) mass is 197 g/mol. The smallest absolute Gasteiger partial charge is 0.256 e. The Morgan fingerprint density at radius 3 is 2.53 bits per heavy atom. The summed E-state index contributed by atoms with van der Waals surface area (Å²) in [7, 11) is 0. The fraction of sp³-hybridized carbons (Fsp3) is 0. The number of rotatable bonds is 0. The number of fused-ring (bicyclic) bond motifs is 3. The second kappa shape index (κ2) is 2.88. The SMILES string of the molecule is O=c1[nH]c2cnccc2c2cnccc12. The van der Waals surface area contributed by atoms with Crippen LogP contribution in [0.3, 0.4) is 0 Å². The van der Waals surface area contributed by atoms with Crippen molar-refractivity contribution in [2.45, 2.75) is 0 Å². The molecule has 3 rings (SSSR count). The predicted molar refractivity (Wildman–Crippen MR) is 57.7 cm³/mol. The van der Waals surface area contributed by atoms with Crippen LogP contribution in [0.4, 0.5) is 0 Å². The zero-order valence-electron chi connectivity index (χ0n) is 7.77. The summed E-state index contributed by atoms with van der Waals surface area (Å²) in [5, 5.41) is 2.48. The highest BCUT2D eigenvalue weighted by Gasteiger charge is 2.03. The molecule has 4 nitrogen and oxygen atoms in total. The molecular weight excluding hydrogens is 190 g/mol. The van der Waals surface area contributed by atoms with Gasteiger partial charge in [-0.05, 0) is 12.1 Å². The van der Waals surface area contributed by atoms with Crippen LogP contribution in [-0.2, 0) is 0 Å². The lowest BCUT2D eigenvalue weighted by Gasteiger charge is -2.01. The summed E-state index contributed by atoms with van der Waals surface area (Å²) in [6.07, 6.45) is 6.66. The molecule has 0 atom stereocenters. The van der Waals surface area contributed by atoms with Crippen LogP contribution in [0.2, 0.25) is 0 Å². The number of nitrogens with zero attached hydrogens (tertiary/aromatic N) is 2. The van der Waals surface area contributed by atoms with E-state index in [9.17, 15) is 4.79 Å². The molecule has 4 heteroatoms. The standard InChI is InChI=1S/C11H7N3O/c15-11-8-2-4-12-5-9(8)7-1-3-13-6-10(7)14-11/h1-6H,(H,14,15). The summed E-state index contributed by atoms with van der Waals surface area (Å²) >= 11 is 0. The van der Waals surface area contributed by atoms with Crippen molar-refractivity contribution >= 4 is 21.7 Å². The van der Waals surface area contributed by atoms with Crippen molar-refractivity contribution in [2.24, 2.45) is 0 Å². The van der Waals surface area contributed by atoms with Gasteiger partial charge < -0.3 is 4.98 Å². The normalized spacial score (nSPS) is 10.9. The minimum absolute atomic E-state index is 0.104. The Morgan fingerprint density at radius 2 is 1.67 bits per heavy atom. The van der Waals surface area contributed by atoms with Crippen LogP contribution >= 0.6 is 0 Å². The largest absolute Gasteiger partial charge is 0.320 e. The fourth-order valence-corrected chi connectivity index (χ4v) is 1.73. The molecule has 0 aromatic carbocycles. The van der Waals surface area contributed by atoms with Gasteiger partial charge in [-0.3, -0.25) is 14.8 Å². The molecule has 0 saturated heterocycles. The molecule has 0 aliphatic carbocycles. The molecule has 72 valence electrons. The van der Waals surface area contributed by atoms with Gasteiger partial charge in [-0.1, -0.05) is 0 Å². The highest BCUT2D eigenvalue weighted by atomic mass is 16.1. The first-order valence-corrected chi connectivity index (χ1v) is 4.56. The second-order valence-electron chi connectivity index (χ2n) is 3.30. The predicted octanol–water partition coefficient (Wildman–Crippen LogP) is 1.47. The highest BCUT2D eigenvalue weighted by Crippen LogP contribution is 2.18. The zero-order valence-corrected chi connectivity index (χ0v) is 7.77. The van der Waals surface area contributed by atoms with Gasteiger partial charge in [-0.2, -0.15) is 0 Å². The van der Waals surface area contributed by atoms with Crippen LogP contribution in [0.25, 0.3) is 21.7 Å². The molecule has 0 aliphatic rings. The van der Waals surface area contributed by atoms with Gasteiger partial charge in [0.15, 0.2) is 0 Å². The number of H-pyrrole nitrogens is 1. The summed E-state index contributed by atoms with van der Waals surface area (Å²) in [6.45, 7) is 0. The maximum absolute atomic E-state index is 11.7. The van der Waals surface area contributed by atoms with Crippen LogP contribution in [0, 0.1) is 0 Å². The number of hydrogen-bond donors (Lipinski definition) is 1. The van der Waals surface area contributed by atoms with Crippen molar-refractivity contribution in [3.63, 3.8) is 0 Å². The van der Waals surface area contributed by atoms with Crippen molar-refractivity contribution in [3.8, 4) is 0 Å². The lowest BCUT2D eigenvalue weighted by atomic mass is 10.1. The molecule has 0 radical (unpaired) electrons. The number of hydrogen-bond acceptors (Lipinski definition) is 3. The van der Waals surface area contributed by atoms with Gasteiger partial charge in [-0.25, -0.2) is 0 Å². The molecule has 0 aliphatic heterocycles. The van der Waals surface area contributed by atoms with Gasteiger partial charge in [0.2, 0.25) is 0 Å². The summed E-state index contributed by atoms with van der Waals surface area (Å²) in [6, 6.07) is 3.59. The Hall–Kier alpha value is -2.23. The average molecular weight is 197 g/mol. The Kier molecular flexibility index (Phi) is 1.56. The van der Waals surface area contributed by atoms with E-state index in [4.69, 9.17) is 0 Å². The third-order valence-electron chi connectivity index (χ3n) is 2.43. The molecule has 15 heavy (non-hydrogen) atoms. The van der Waals surface area contributed by atoms with Gasteiger partial charge in [0.25, 0.3) is 5.56 Å². The van der Waals surface area contributed by atoms with Crippen molar-refractivity contribution in [3.05, 3.63) is 47.3 Å². The summed E-state index contributed by atoms with van der Waals surface area (Å²) in [4.78, 5) is 22.5. The quantitative estimate of drug-likeness (QED) is 0.555. The molecule has 1 N–H and O–H groups in total. The zero-order chi connectivity index (χ0) is 10.3. The lowest BCUT2D eigenvalue weighted by molar-refractivity contribution is 1.27.